The third-order valence-corrected chi connectivity index (χ3v) is 3.55. The molecule has 0 aromatic heterocycles. The van der Waals surface area contributed by atoms with Crippen molar-refractivity contribution in [3.05, 3.63) is 35.4 Å². The van der Waals surface area contributed by atoms with E-state index in [-0.39, 0.29) is 6.42 Å². The molecule has 4 nitrogen and oxygen atoms in total. The van der Waals surface area contributed by atoms with Crippen LogP contribution in [-0.4, -0.2) is 24.5 Å². The van der Waals surface area contributed by atoms with Crippen LogP contribution in [0.25, 0.3) is 0 Å². The summed E-state index contributed by atoms with van der Waals surface area (Å²) < 4.78 is 32.1. The molecule has 134 valence electrons. The van der Waals surface area contributed by atoms with Crippen LogP contribution < -0.4 is 5.32 Å². The summed E-state index contributed by atoms with van der Waals surface area (Å²) >= 11 is 0. The Hall–Kier alpha value is -1.98. The van der Waals surface area contributed by atoms with Crippen molar-refractivity contribution >= 4 is 11.9 Å². The molecule has 1 aromatic rings. The van der Waals surface area contributed by atoms with E-state index in [1.54, 1.807) is 6.92 Å². The molecule has 0 aliphatic heterocycles. The second-order valence-electron chi connectivity index (χ2n) is 5.81. The number of benzene rings is 1. The van der Waals surface area contributed by atoms with E-state index in [9.17, 15) is 18.4 Å². The number of unbranched alkanes of at least 4 members (excludes halogenated alkanes) is 4. The maximum absolute atomic E-state index is 13.5. The van der Waals surface area contributed by atoms with Crippen LogP contribution in [0.5, 0.6) is 0 Å². The molecule has 0 saturated carbocycles. The lowest BCUT2D eigenvalue weighted by Gasteiger charge is -2.14. The van der Waals surface area contributed by atoms with Gasteiger partial charge in [-0.3, -0.25) is 9.59 Å². The summed E-state index contributed by atoms with van der Waals surface area (Å²) in [7, 11) is 0. The van der Waals surface area contributed by atoms with Gasteiger partial charge in [0.25, 0.3) is 5.91 Å². The number of ether oxygens (including phenoxy) is 1. The van der Waals surface area contributed by atoms with Crippen molar-refractivity contribution in [2.75, 3.05) is 6.61 Å². The highest BCUT2D eigenvalue weighted by molar-refractivity contribution is 5.95. The van der Waals surface area contributed by atoms with Gasteiger partial charge in [0.1, 0.15) is 17.2 Å². The maximum atomic E-state index is 13.5. The molecular formula is C18H25F2NO3. The molecule has 1 N–H and O–H groups in total. The average Bonchev–Trinajstić information content (AvgIpc) is 2.50. The van der Waals surface area contributed by atoms with Crippen LogP contribution in [0.2, 0.25) is 0 Å². The first-order valence-electron chi connectivity index (χ1n) is 8.36. The van der Waals surface area contributed by atoms with Crippen molar-refractivity contribution in [2.45, 2.75) is 58.4 Å². The number of amides is 1. The first kappa shape index (κ1) is 20.1. The normalized spacial score (nSPS) is 11.8. The van der Waals surface area contributed by atoms with Gasteiger partial charge in [-0.25, -0.2) is 8.78 Å². The fourth-order valence-electron chi connectivity index (χ4n) is 2.26. The van der Waals surface area contributed by atoms with E-state index in [0.717, 1.165) is 37.8 Å². The molecule has 1 amide bonds. The van der Waals surface area contributed by atoms with Crippen LogP contribution >= 0.6 is 0 Å². The summed E-state index contributed by atoms with van der Waals surface area (Å²) in [6.07, 6.45) is 5.22. The van der Waals surface area contributed by atoms with Gasteiger partial charge in [-0.15, -0.1) is 0 Å². The minimum absolute atomic E-state index is 0.0449. The number of carbonyl (C=O) groups is 2. The number of nitrogens with one attached hydrogen (secondary N) is 1. The van der Waals surface area contributed by atoms with Gasteiger partial charge >= 0.3 is 5.97 Å². The van der Waals surface area contributed by atoms with Gasteiger partial charge in [0.2, 0.25) is 0 Å². The lowest BCUT2D eigenvalue weighted by atomic mass is 10.1. The van der Waals surface area contributed by atoms with Gasteiger partial charge in [-0.05, 0) is 25.5 Å². The first-order chi connectivity index (χ1) is 11.5. The fourth-order valence-corrected chi connectivity index (χ4v) is 2.26. The zero-order valence-corrected chi connectivity index (χ0v) is 14.2. The van der Waals surface area contributed by atoms with Crippen LogP contribution in [-0.2, 0) is 9.53 Å². The lowest BCUT2D eigenvalue weighted by molar-refractivity contribution is -0.144. The molecule has 24 heavy (non-hydrogen) atoms. The van der Waals surface area contributed by atoms with Gasteiger partial charge in [0, 0.05) is 6.04 Å². The molecule has 1 aromatic carbocycles. The van der Waals surface area contributed by atoms with Crippen molar-refractivity contribution in [3.8, 4) is 0 Å². The predicted octanol–water partition coefficient (Wildman–Crippen LogP) is 3.99. The molecule has 1 rings (SSSR count). The van der Waals surface area contributed by atoms with Crippen LogP contribution in [0, 0.1) is 11.6 Å². The Morgan fingerprint density at radius 1 is 1.12 bits per heavy atom. The SMILES string of the molecule is CCCCCCCOC(=O)CC(C)NC(=O)c1c(F)cccc1F. The fraction of sp³-hybridized carbons (Fsp3) is 0.556. The summed E-state index contributed by atoms with van der Waals surface area (Å²) in [5.41, 5.74) is -0.645. The molecule has 0 aliphatic rings. The van der Waals surface area contributed by atoms with Crippen LogP contribution in [0.4, 0.5) is 8.78 Å². The molecule has 0 aliphatic carbocycles. The molecule has 0 fully saturated rings. The Labute approximate surface area is 141 Å². The Kier molecular flexibility index (Phi) is 8.97. The Balaban J connectivity index is 2.33. The van der Waals surface area contributed by atoms with E-state index in [0.29, 0.717) is 6.61 Å². The van der Waals surface area contributed by atoms with Gasteiger partial charge in [0.05, 0.1) is 13.0 Å². The smallest absolute Gasteiger partial charge is 0.307 e. The zero-order chi connectivity index (χ0) is 17.9. The number of carbonyl (C=O) groups excluding carboxylic acids is 2. The molecule has 0 spiro atoms. The highest BCUT2D eigenvalue weighted by atomic mass is 19.1. The van der Waals surface area contributed by atoms with Crippen molar-refractivity contribution in [3.63, 3.8) is 0 Å². The number of halogens is 2. The van der Waals surface area contributed by atoms with Crippen LogP contribution in [0.15, 0.2) is 18.2 Å². The predicted molar refractivity (Wildman–Crippen MR) is 87.6 cm³/mol. The third kappa shape index (κ3) is 7.06. The van der Waals surface area contributed by atoms with Crippen LogP contribution in [0.1, 0.15) is 62.7 Å². The second kappa shape index (κ2) is 10.7. The highest BCUT2D eigenvalue weighted by Gasteiger charge is 2.20. The molecule has 0 saturated heterocycles. The molecule has 1 unspecified atom stereocenters. The minimum Gasteiger partial charge on any atom is -0.466 e. The van der Waals surface area contributed by atoms with Crippen molar-refractivity contribution in [2.24, 2.45) is 0 Å². The van der Waals surface area contributed by atoms with Crippen molar-refractivity contribution < 1.29 is 23.1 Å². The van der Waals surface area contributed by atoms with Crippen molar-refractivity contribution in [1.29, 1.82) is 0 Å². The van der Waals surface area contributed by atoms with E-state index in [2.05, 4.69) is 12.2 Å². The van der Waals surface area contributed by atoms with E-state index >= 15 is 0 Å². The highest BCUT2D eigenvalue weighted by Crippen LogP contribution is 2.12. The lowest BCUT2D eigenvalue weighted by Crippen LogP contribution is -2.35. The quantitative estimate of drug-likeness (QED) is 0.517. The number of hydrogen-bond donors (Lipinski definition) is 1. The second-order valence-corrected chi connectivity index (χ2v) is 5.81. The van der Waals surface area contributed by atoms with Gasteiger partial charge in [0.15, 0.2) is 0 Å². The van der Waals surface area contributed by atoms with Gasteiger partial charge in [-0.2, -0.15) is 0 Å². The topological polar surface area (TPSA) is 55.4 Å². The molecule has 0 radical (unpaired) electrons. The Morgan fingerprint density at radius 3 is 2.38 bits per heavy atom. The summed E-state index contributed by atoms with van der Waals surface area (Å²) in [5, 5.41) is 2.41. The van der Waals surface area contributed by atoms with Gasteiger partial charge < -0.3 is 10.1 Å². The van der Waals surface area contributed by atoms with E-state index < -0.39 is 35.1 Å². The average molecular weight is 341 g/mol. The van der Waals surface area contributed by atoms with E-state index in [4.69, 9.17) is 4.74 Å². The summed E-state index contributed by atoms with van der Waals surface area (Å²) in [5.74, 6) is -3.19. The monoisotopic (exact) mass is 341 g/mol. The first-order valence-corrected chi connectivity index (χ1v) is 8.36. The van der Waals surface area contributed by atoms with E-state index in [1.807, 2.05) is 0 Å². The zero-order valence-electron chi connectivity index (χ0n) is 14.2. The van der Waals surface area contributed by atoms with Crippen molar-refractivity contribution in [1.82, 2.24) is 5.32 Å². The Morgan fingerprint density at radius 2 is 1.75 bits per heavy atom. The number of rotatable bonds is 10. The maximum Gasteiger partial charge on any atom is 0.307 e. The minimum atomic E-state index is -0.936. The number of hydrogen-bond acceptors (Lipinski definition) is 3. The summed E-state index contributed by atoms with van der Waals surface area (Å²) in [4.78, 5) is 23.6. The largest absolute Gasteiger partial charge is 0.466 e. The summed E-state index contributed by atoms with van der Waals surface area (Å²) in [6, 6.07) is 2.62. The third-order valence-electron chi connectivity index (χ3n) is 3.55. The molecular weight excluding hydrogens is 316 g/mol. The number of esters is 1. The van der Waals surface area contributed by atoms with Crippen LogP contribution in [0.3, 0.4) is 0 Å². The molecule has 0 heterocycles. The van der Waals surface area contributed by atoms with E-state index in [1.165, 1.54) is 12.5 Å². The summed E-state index contributed by atoms with van der Waals surface area (Å²) in [6.45, 7) is 4.06. The standard InChI is InChI=1S/C18H25F2NO3/c1-3-4-5-6-7-11-24-16(22)12-13(2)21-18(23)17-14(19)9-8-10-15(17)20/h8-10,13H,3-7,11-12H2,1-2H3,(H,21,23). The van der Waals surface area contributed by atoms with Gasteiger partial charge in [-0.1, -0.05) is 38.7 Å². The molecule has 1 atom stereocenters. The molecule has 6 heteroatoms. The molecule has 0 bridgehead atoms. The Bertz CT molecular complexity index is 529.